The van der Waals surface area contributed by atoms with Gasteiger partial charge in [-0.05, 0) is 72.8 Å². The monoisotopic (exact) mass is 547 g/mol. The first-order chi connectivity index (χ1) is 19.0. The molecule has 0 N–H and O–H groups in total. The molecular formula is C32H37NO7. The van der Waals surface area contributed by atoms with Gasteiger partial charge in [-0.1, -0.05) is 38.0 Å². The SMILES string of the molecule is CC(CCC(=O)ON1C(=O)c2ccccc2C1=O)[C@H]1CC[C@H]2[C@@H]3C(=O)C[C@@H]4CC(=O)CC[C@]4(C)[C@H]3CC(=O)[C@]12C. The third-order valence-corrected chi connectivity index (χ3v) is 11.7. The summed E-state index contributed by atoms with van der Waals surface area (Å²) in [5, 5.41) is 0.538. The Morgan fingerprint density at radius 3 is 2.33 bits per heavy atom. The summed E-state index contributed by atoms with van der Waals surface area (Å²) in [6.07, 6.45) is 4.67. The highest BCUT2D eigenvalue weighted by molar-refractivity contribution is 6.20. The van der Waals surface area contributed by atoms with Crippen molar-refractivity contribution in [2.24, 2.45) is 46.3 Å². The molecule has 0 saturated heterocycles. The van der Waals surface area contributed by atoms with Crippen molar-refractivity contribution < 1.29 is 33.6 Å². The summed E-state index contributed by atoms with van der Waals surface area (Å²) in [5.41, 5.74) is -0.354. The Morgan fingerprint density at radius 2 is 1.65 bits per heavy atom. The van der Waals surface area contributed by atoms with Crippen LogP contribution in [0.15, 0.2) is 24.3 Å². The highest BCUT2D eigenvalue weighted by atomic mass is 16.7. The van der Waals surface area contributed by atoms with E-state index in [0.717, 1.165) is 19.3 Å². The minimum Gasteiger partial charge on any atom is -0.330 e. The van der Waals surface area contributed by atoms with Crippen molar-refractivity contribution in [2.45, 2.75) is 78.6 Å². The number of imide groups is 1. The Bertz CT molecular complexity index is 1300. The lowest BCUT2D eigenvalue weighted by Crippen LogP contribution is -2.60. The average molecular weight is 548 g/mol. The van der Waals surface area contributed by atoms with Crippen LogP contribution in [0.3, 0.4) is 0 Å². The summed E-state index contributed by atoms with van der Waals surface area (Å²) >= 11 is 0. The molecule has 1 aliphatic heterocycles. The van der Waals surface area contributed by atoms with Crippen LogP contribution in [0.2, 0.25) is 0 Å². The molecule has 0 radical (unpaired) electrons. The molecule has 4 aliphatic carbocycles. The van der Waals surface area contributed by atoms with Gasteiger partial charge in [0.05, 0.1) is 11.1 Å². The second kappa shape index (κ2) is 9.45. The number of Topliss-reactive ketones (excluding diaryl/α,β-unsaturated/α-hetero) is 3. The second-order valence-electron chi connectivity index (χ2n) is 13.4. The van der Waals surface area contributed by atoms with E-state index < -0.39 is 23.2 Å². The lowest BCUT2D eigenvalue weighted by molar-refractivity contribution is -0.169. The lowest BCUT2D eigenvalue weighted by atomic mass is 9.44. The van der Waals surface area contributed by atoms with Gasteiger partial charge in [0, 0.05) is 43.4 Å². The molecule has 1 aromatic rings. The largest absolute Gasteiger partial charge is 0.333 e. The first-order valence-corrected chi connectivity index (χ1v) is 14.7. The standard InChI is InChI=1S/C32H37NO7/c1-17(8-11-27(37)40-33-29(38)20-6-4-5-7-21(20)30(33)39)22-9-10-23-28-24(16-26(36)32(22,23)3)31(2)13-12-19(34)14-18(31)15-25(28)35/h4-7,17-18,22-24,28H,8-16H2,1-3H3/t17?,18-,22+,23-,24-,28-,31-,32+/m0/s1. The number of fused-ring (bicyclic) bond motifs is 6. The fourth-order valence-electron chi connectivity index (χ4n) is 9.33. The molecule has 40 heavy (non-hydrogen) atoms. The quantitative estimate of drug-likeness (QED) is 0.489. The van der Waals surface area contributed by atoms with E-state index in [1.54, 1.807) is 12.1 Å². The van der Waals surface area contributed by atoms with E-state index in [1.165, 1.54) is 12.1 Å². The molecule has 8 nitrogen and oxygen atoms in total. The summed E-state index contributed by atoms with van der Waals surface area (Å²) in [6, 6.07) is 6.35. The number of carbonyl (C=O) groups is 6. The van der Waals surface area contributed by atoms with Crippen LogP contribution in [-0.2, 0) is 24.0 Å². The predicted molar refractivity (Wildman–Crippen MR) is 142 cm³/mol. The summed E-state index contributed by atoms with van der Waals surface area (Å²) in [4.78, 5) is 82.7. The Morgan fingerprint density at radius 1 is 0.975 bits per heavy atom. The summed E-state index contributed by atoms with van der Waals surface area (Å²) in [5.74, 6) is -1.35. The first-order valence-electron chi connectivity index (χ1n) is 14.7. The summed E-state index contributed by atoms with van der Waals surface area (Å²) < 4.78 is 0. The number of rotatable bonds is 5. The Balaban J connectivity index is 1.13. The van der Waals surface area contributed by atoms with Gasteiger partial charge >= 0.3 is 5.97 Å². The van der Waals surface area contributed by atoms with Gasteiger partial charge in [-0.2, -0.15) is 0 Å². The van der Waals surface area contributed by atoms with Crippen LogP contribution in [0.5, 0.6) is 0 Å². The smallest absolute Gasteiger partial charge is 0.330 e. The lowest BCUT2D eigenvalue weighted by Gasteiger charge is -2.58. The number of nitrogens with zero attached hydrogens (tertiary/aromatic N) is 1. The zero-order chi connectivity index (χ0) is 28.6. The zero-order valence-corrected chi connectivity index (χ0v) is 23.4. The van der Waals surface area contributed by atoms with Gasteiger partial charge in [-0.15, -0.1) is 0 Å². The highest BCUT2D eigenvalue weighted by Crippen LogP contribution is 2.66. The molecule has 0 bridgehead atoms. The minimum absolute atomic E-state index is 0.00103. The van der Waals surface area contributed by atoms with Gasteiger partial charge in [0.2, 0.25) is 0 Å². The minimum atomic E-state index is -0.663. The number of hydroxylamine groups is 2. The van der Waals surface area contributed by atoms with Crippen molar-refractivity contribution in [1.29, 1.82) is 0 Å². The van der Waals surface area contributed by atoms with E-state index in [1.807, 2.05) is 13.8 Å². The van der Waals surface area contributed by atoms with Crippen LogP contribution in [0.25, 0.3) is 0 Å². The van der Waals surface area contributed by atoms with Gasteiger partial charge in [0.25, 0.3) is 11.8 Å². The van der Waals surface area contributed by atoms with Crippen LogP contribution in [0.4, 0.5) is 0 Å². The molecule has 2 amide bonds. The van der Waals surface area contributed by atoms with Gasteiger partial charge in [-0.25, -0.2) is 4.79 Å². The number of hydrogen-bond acceptors (Lipinski definition) is 7. The molecule has 1 unspecified atom stereocenters. The van der Waals surface area contributed by atoms with Crippen LogP contribution in [0.1, 0.15) is 99.3 Å². The molecule has 0 aromatic heterocycles. The maximum Gasteiger partial charge on any atom is 0.333 e. The third-order valence-electron chi connectivity index (χ3n) is 11.7. The number of carbonyl (C=O) groups excluding carboxylic acids is 6. The van der Waals surface area contributed by atoms with Crippen molar-refractivity contribution in [1.82, 2.24) is 5.06 Å². The summed E-state index contributed by atoms with van der Waals surface area (Å²) in [7, 11) is 0. The molecule has 0 spiro atoms. The zero-order valence-electron chi connectivity index (χ0n) is 23.4. The van der Waals surface area contributed by atoms with Crippen molar-refractivity contribution in [3.8, 4) is 0 Å². The van der Waals surface area contributed by atoms with E-state index in [-0.39, 0.29) is 75.8 Å². The van der Waals surface area contributed by atoms with Crippen LogP contribution in [0, 0.1) is 46.3 Å². The van der Waals surface area contributed by atoms with Gasteiger partial charge in [0.1, 0.15) is 17.3 Å². The first kappa shape index (κ1) is 27.0. The molecule has 6 rings (SSSR count). The van der Waals surface area contributed by atoms with Gasteiger partial charge < -0.3 is 4.84 Å². The van der Waals surface area contributed by atoms with E-state index in [2.05, 4.69) is 6.92 Å². The Labute approximate surface area is 234 Å². The van der Waals surface area contributed by atoms with Crippen molar-refractivity contribution in [2.75, 3.05) is 0 Å². The summed E-state index contributed by atoms with van der Waals surface area (Å²) in [6.45, 7) is 6.28. The molecule has 5 aliphatic rings. The fourth-order valence-corrected chi connectivity index (χ4v) is 9.33. The maximum absolute atomic E-state index is 14.0. The van der Waals surface area contributed by atoms with E-state index in [4.69, 9.17) is 4.84 Å². The Kier molecular flexibility index (Phi) is 6.39. The molecule has 8 atom stereocenters. The second-order valence-corrected chi connectivity index (χ2v) is 13.4. The van der Waals surface area contributed by atoms with E-state index in [9.17, 15) is 28.8 Å². The van der Waals surface area contributed by atoms with Crippen LogP contribution in [-0.4, -0.2) is 40.2 Å². The molecule has 4 saturated carbocycles. The van der Waals surface area contributed by atoms with Gasteiger partial charge in [-0.3, -0.25) is 24.0 Å². The molecule has 1 heterocycles. The van der Waals surface area contributed by atoms with E-state index in [0.29, 0.717) is 37.2 Å². The number of ketones is 3. The third kappa shape index (κ3) is 3.85. The van der Waals surface area contributed by atoms with Crippen molar-refractivity contribution >= 4 is 35.1 Å². The maximum atomic E-state index is 14.0. The van der Waals surface area contributed by atoms with Crippen molar-refractivity contribution in [3.05, 3.63) is 35.4 Å². The highest BCUT2D eigenvalue weighted by Gasteiger charge is 2.66. The molecule has 1 aromatic carbocycles. The number of amides is 2. The number of benzene rings is 1. The number of hydrogen-bond donors (Lipinski definition) is 0. The Hall–Kier alpha value is -3.16. The average Bonchev–Trinajstić information content (AvgIpc) is 3.40. The topological polar surface area (TPSA) is 115 Å². The molecule has 8 heteroatoms. The van der Waals surface area contributed by atoms with Crippen LogP contribution >= 0.6 is 0 Å². The van der Waals surface area contributed by atoms with Crippen molar-refractivity contribution in [3.63, 3.8) is 0 Å². The molecular weight excluding hydrogens is 510 g/mol. The van der Waals surface area contributed by atoms with Crippen LogP contribution < -0.4 is 0 Å². The molecule has 212 valence electrons. The van der Waals surface area contributed by atoms with Gasteiger partial charge in [0.15, 0.2) is 0 Å². The fraction of sp³-hybridized carbons (Fsp3) is 0.625. The predicted octanol–water partition coefficient (Wildman–Crippen LogP) is 4.74. The molecule has 4 fully saturated rings. The van der Waals surface area contributed by atoms with E-state index >= 15 is 0 Å². The normalized spacial score (nSPS) is 37.5.